The first-order chi connectivity index (χ1) is 4.84. The number of hydrogen-bond acceptors (Lipinski definition) is 2. The van der Waals surface area contributed by atoms with E-state index >= 15 is 0 Å². The lowest BCUT2D eigenvalue weighted by molar-refractivity contribution is 0.0700. The van der Waals surface area contributed by atoms with Crippen LogP contribution in [0.4, 0.5) is 0 Å². The SMILES string of the molecule is CNCC(C)C1CCCO1. The predicted octanol–water partition coefficient (Wildman–Crippen LogP) is 1.02. The third-order valence-electron chi connectivity index (χ3n) is 2.13. The van der Waals surface area contributed by atoms with Crippen molar-refractivity contribution in [2.75, 3.05) is 20.2 Å². The van der Waals surface area contributed by atoms with Gasteiger partial charge in [0, 0.05) is 6.61 Å². The van der Waals surface area contributed by atoms with E-state index in [1.54, 1.807) is 0 Å². The van der Waals surface area contributed by atoms with Crippen molar-refractivity contribution >= 4 is 0 Å². The van der Waals surface area contributed by atoms with Crippen LogP contribution in [0, 0.1) is 5.92 Å². The first-order valence-electron chi connectivity index (χ1n) is 4.11. The smallest absolute Gasteiger partial charge is 0.0613 e. The summed E-state index contributed by atoms with van der Waals surface area (Å²) in [6.45, 7) is 4.29. The highest BCUT2D eigenvalue weighted by Gasteiger charge is 2.21. The molecular weight excluding hydrogens is 126 g/mol. The Morgan fingerprint density at radius 1 is 1.70 bits per heavy atom. The summed E-state index contributed by atoms with van der Waals surface area (Å²) in [6.07, 6.45) is 3.02. The maximum Gasteiger partial charge on any atom is 0.0613 e. The molecule has 0 saturated carbocycles. The van der Waals surface area contributed by atoms with Crippen molar-refractivity contribution in [2.24, 2.45) is 5.92 Å². The summed E-state index contributed by atoms with van der Waals surface area (Å²) >= 11 is 0. The molecule has 10 heavy (non-hydrogen) atoms. The molecule has 0 radical (unpaired) electrons. The van der Waals surface area contributed by atoms with Crippen molar-refractivity contribution in [3.05, 3.63) is 0 Å². The second-order valence-corrected chi connectivity index (χ2v) is 3.09. The maximum atomic E-state index is 5.53. The monoisotopic (exact) mass is 143 g/mol. The highest BCUT2D eigenvalue weighted by molar-refractivity contribution is 4.72. The quantitative estimate of drug-likeness (QED) is 0.637. The lowest BCUT2D eigenvalue weighted by Crippen LogP contribution is -2.26. The zero-order valence-electron chi connectivity index (χ0n) is 6.89. The van der Waals surface area contributed by atoms with Gasteiger partial charge in [-0.15, -0.1) is 0 Å². The Morgan fingerprint density at radius 2 is 2.50 bits per heavy atom. The molecule has 1 aliphatic heterocycles. The molecule has 0 aliphatic carbocycles. The zero-order valence-corrected chi connectivity index (χ0v) is 6.89. The van der Waals surface area contributed by atoms with Gasteiger partial charge in [0.2, 0.25) is 0 Å². The molecule has 2 heteroatoms. The van der Waals surface area contributed by atoms with E-state index in [-0.39, 0.29) is 0 Å². The van der Waals surface area contributed by atoms with E-state index in [0.717, 1.165) is 13.2 Å². The topological polar surface area (TPSA) is 21.3 Å². The summed E-state index contributed by atoms with van der Waals surface area (Å²) in [5.41, 5.74) is 0. The predicted molar refractivity (Wildman–Crippen MR) is 42.1 cm³/mol. The third kappa shape index (κ3) is 1.96. The van der Waals surface area contributed by atoms with Crippen LogP contribution in [0.5, 0.6) is 0 Å². The molecular formula is C8H17NO. The fourth-order valence-corrected chi connectivity index (χ4v) is 1.50. The summed E-state index contributed by atoms with van der Waals surface area (Å²) in [5, 5.41) is 3.16. The van der Waals surface area contributed by atoms with Crippen LogP contribution in [0.3, 0.4) is 0 Å². The molecule has 1 heterocycles. The Morgan fingerprint density at radius 3 is 3.00 bits per heavy atom. The van der Waals surface area contributed by atoms with Crippen LogP contribution in [-0.4, -0.2) is 26.3 Å². The lowest BCUT2D eigenvalue weighted by atomic mass is 10.0. The van der Waals surface area contributed by atoms with Crippen LogP contribution in [0.15, 0.2) is 0 Å². The van der Waals surface area contributed by atoms with Gasteiger partial charge in [-0.25, -0.2) is 0 Å². The standard InChI is InChI=1S/C8H17NO/c1-7(6-9-2)8-4-3-5-10-8/h7-9H,3-6H2,1-2H3. The first-order valence-corrected chi connectivity index (χ1v) is 4.11. The molecule has 1 saturated heterocycles. The average molecular weight is 143 g/mol. The molecule has 2 atom stereocenters. The molecule has 1 N–H and O–H groups in total. The van der Waals surface area contributed by atoms with Gasteiger partial charge >= 0.3 is 0 Å². The molecule has 0 bridgehead atoms. The third-order valence-corrected chi connectivity index (χ3v) is 2.13. The van der Waals surface area contributed by atoms with E-state index < -0.39 is 0 Å². The molecule has 0 aromatic carbocycles. The second-order valence-electron chi connectivity index (χ2n) is 3.09. The number of nitrogens with one attached hydrogen (secondary N) is 1. The van der Waals surface area contributed by atoms with Gasteiger partial charge in [0.15, 0.2) is 0 Å². The molecule has 0 amide bonds. The fraction of sp³-hybridized carbons (Fsp3) is 1.00. The van der Waals surface area contributed by atoms with Crippen molar-refractivity contribution in [1.29, 1.82) is 0 Å². The number of hydrogen-bond donors (Lipinski definition) is 1. The lowest BCUT2D eigenvalue weighted by Gasteiger charge is -2.17. The van der Waals surface area contributed by atoms with Gasteiger partial charge in [0.1, 0.15) is 0 Å². The van der Waals surface area contributed by atoms with Crippen LogP contribution in [-0.2, 0) is 4.74 Å². The van der Waals surface area contributed by atoms with E-state index in [1.165, 1.54) is 12.8 Å². The van der Waals surface area contributed by atoms with E-state index in [2.05, 4.69) is 12.2 Å². The molecule has 1 fully saturated rings. The number of ether oxygens (including phenoxy) is 1. The van der Waals surface area contributed by atoms with Crippen LogP contribution < -0.4 is 5.32 Å². The normalized spacial score (nSPS) is 28.8. The molecule has 0 aromatic rings. The fourth-order valence-electron chi connectivity index (χ4n) is 1.50. The highest BCUT2D eigenvalue weighted by atomic mass is 16.5. The Balaban J connectivity index is 2.18. The molecule has 1 rings (SSSR count). The Bertz CT molecular complexity index is 89.3. The van der Waals surface area contributed by atoms with Crippen LogP contribution >= 0.6 is 0 Å². The van der Waals surface area contributed by atoms with E-state index in [4.69, 9.17) is 4.74 Å². The van der Waals surface area contributed by atoms with Gasteiger partial charge < -0.3 is 10.1 Å². The molecule has 2 unspecified atom stereocenters. The van der Waals surface area contributed by atoms with Gasteiger partial charge in [-0.05, 0) is 32.4 Å². The summed E-state index contributed by atoms with van der Waals surface area (Å²) in [6, 6.07) is 0. The Hall–Kier alpha value is -0.0800. The van der Waals surface area contributed by atoms with Crippen molar-refractivity contribution in [1.82, 2.24) is 5.32 Å². The summed E-state index contributed by atoms with van der Waals surface area (Å²) in [4.78, 5) is 0. The van der Waals surface area contributed by atoms with Crippen molar-refractivity contribution in [3.63, 3.8) is 0 Å². The van der Waals surface area contributed by atoms with Gasteiger partial charge in [-0.2, -0.15) is 0 Å². The molecule has 60 valence electrons. The van der Waals surface area contributed by atoms with Crippen molar-refractivity contribution in [2.45, 2.75) is 25.9 Å². The minimum absolute atomic E-state index is 0.521. The summed E-state index contributed by atoms with van der Waals surface area (Å²) < 4.78 is 5.53. The van der Waals surface area contributed by atoms with Gasteiger partial charge in [-0.1, -0.05) is 6.92 Å². The molecule has 1 aliphatic rings. The highest BCUT2D eigenvalue weighted by Crippen LogP contribution is 2.19. The van der Waals surface area contributed by atoms with Crippen molar-refractivity contribution < 1.29 is 4.74 Å². The van der Waals surface area contributed by atoms with Crippen LogP contribution in [0.1, 0.15) is 19.8 Å². The minimum Gasteiger partial charge on any atom is -0.378 e. The second kappa shape index (κ2) is 3.94. The van der Waals surface area contributed by atoms with Gasteiger partial charge in [0.05, 0.1) is 6.10 Å². The Labute approximate surface area is 63.0 Å². The van der Waals surface area contributed by atoms with E-state index in [1.807, 2.05) is 7.05 Å². The zero-order chi connectivity index (χ0) is 7.40. The van der Waals surface area contributed by atoms with Gasteiger partial charge in [-0.3, -0.25) is 0 Å². The number of rotatable bonds is 3. The largest absolute Gasteiger partial charge is 0.378 e. The maximum absolute atomic E-state index is 5.53. The van der Waals surface area contributed by atoms with Crippen LogP contribution in [0.25, 0.3) is 0 Å². The Kier molecular flexibility index (Phi) is 3.16. The summed E-state index contributed by atoms with van der Waals surface area (Å²) in [7, 11) is 1.99. The summed E-state index contributed by atoms with van der Waals surface area (Å²) in [5.74, 6) is 0.674. The molecule has 0 aromatic heterocycles. The van der Waals surface area contributed by atoms with E-state index in [9.17, 15) is 0 Å². The first kappa shape index (κ1) is 8.02. The molecule has 0 spiro atoms. The molecule has 2 nitrogen and oxygen atoms in total. The van der Waals surface area contributed by atoms with E-state index in [0.29, 0.717) is 12.0 Å². The average Bonchev–Trinajstić information content (AvgIpc) is 2.38. The van der Waals surface area contributed by atoms with Gasteiger partial charge in [0.25, 0.3) is 0 Å². The van der Waals surface area contributed by atoms with Crippen LogP contribution in [0.2, 0.25) is 0 Å². The minimum atomic E-state index is 0.521. The van der Waals surface area contributed by atoms with Crippen molar-refractivity contribution in [3.8, 4) is 0 Å².